The molecule has 1 aliphatic rings. The van der Waals surface area contributed by atoms with Crippen LogP contribution in [0.15, 0.2) is 36.7 Å². The predicted molar refractivity (Wildman–Crippen MR) is 46.9 cm³/mol. The lowest BCUT2D eigenvalue weighted by atomic mass is 10.5. The Hall–Kier alpha value is -1.31. The Kier molecular flexibility index (Phi) is 7.66. The molecule has 0 unspecified atom stereocenters. The lowest BCUT2D eigenvalue weighted by Gasteiger charge is -1.79. The predicted octanol–water partition coefficient (Wildman–Crippen LogP) is 1.77. The molecular weight excluding hydrogens is 138 g/mol. The molecule has 2 heteroatoms. The topological polar surface area (TPSA) is 29.1 Å². The van der Waals surface area contributed by atoms with E-state index in [0.29, 0.717) is 6.42 Å². The van der Waals surface area contributed by atoms with Crippen molar-refractivity contribution in [3.8, 4) is 0 Å². The van der Waals surface area contributed by atoms with Crippen LogP contribution >= 0.6 is 0 Å². The van der Waals surface area contributed by atoms with Crippen molar-refractivity contribution in [2.45, 2.75) is 13.3 Å². The Morgan fingerprint density at radius 3 is 2.00 bits per heavy atom. The van der Waals surface area contributed by atoms with Crippen LogP contribution in [0.1, 0.15) is 13.3 Å². The molecule has 0 fully saturated rings. The highest BCUT2D eigenvalue weighted by Gasteiger charge is 1.67. The summed E-state index contributed by atoms with van der Waals surface area (Å²) in [4.78, 5) is 9.17. The van der Waals surface area contributed by atoms with Crippen molar-refractivity contribution in [1.29, 1.82) is 0 Å². The quantitative estimate of drug-likeness (QED) is 0.579. The fourth-order valence-electron chi connectivity index (χ4n) is 0.406. The number of allylic oxidation sites excluding steroid dienone is 4. The summed E-state index contributed by atoms with van der Waals surface area (Å²) in [5, 5.41) is 2.92. The van der Waals surface area contributed by atoms with Crippen molar-refractivity contribution in [2.75, 3.05) is 0 Å². The van der Waals surface area contributed by atoms with Gasteiger partial charge in [-0.1, -0.05) is 19.1 Å². The van der Waals surface area contributed by atoms with Gasteiger partial charge >= 0.3 is 0 Å². The van der Waals surface area contributed by atoms with E-state index < -0.39 is 0 Å². The molecule has 60 valence electrons. The van der Waals surface area contributed by atoms with Gasteiger partial charge in [0.25, 0.3) is 0 Å². The summed E-state index contributed by atoms with van der Waals surface area (Å²) in [5.41, 5.74) is 0. The van der Waals surface area contributed by atoms with E-state index in [1.807, 2.05) is 43.6 Å². The lowest BCUT2D eigenvalue weighted by Crippen LogP contribution is -1.87. The Labute approximate surface area is 67.3 Å². The molecule has 1 rings (SSSR count). The number of aldehydes is 1. The molecule has 0 bridgehead atoms. The highest BCUT2D eigenvalue weighted by atomic mass is 16.1. The van der Waals surface area contributed by atoms with E-state index in [2.05, 4.69) is 5.32 Å². The molecule has 1 aliphatic heterocycles. The number of hydrogen-bond acceptors (Lipinski definition) is 2. The first-order valence-electron chi connectivity index (χ1n) is 3.60. The standard InChI is InChI=1S/C6H7N.C3H6O/c1-2-4-6-7-5-3-1;1-2-3-4/h1-7H;3H,2H2,1H3. The minimum absolute atomic E-state index is 0.639. The van der Waals surface area contributed by atoms with E-state index in [4.69, 9.17) is 0 Å². The molecule has 0 amide bonds. The van der Waals surface area contributed by atoms with Gasteiger partial charge in [0.05, 0.1) is 0 Å². The van der Waals surface area contributed by atoms with Gasteiger partial charge in [-0.3, -0.25) is 0 Å². The number of hydrogen-bond donors (Lipinski definition) is 1. The molecule has 0 saturated heterocycles. The van der Waals surface area contributed by atoms with Crippen molar-refractivity contribution in [3.63, 3.8) is 0 Å². The third-order valence-electron chi connectivity index (χ3n) is 0.885. The van der Waals surface area contributed by atoms with Crippen LogP contribution in [0.2, 0.25) is 0 Å². The maximum absolute atomic E-state index is 9.17. The monoisotopic (exact) mass is 151 g/mol. The smallest absolute Gasteiger partial charge is 0.119 e. The summed E-state index contributed by atoms with van der Waals surface area (Å²) in [7, 11) is 0. The van der Waals surface area contributed by atoms with Gasteiger partial charge in [-0.25, -0.2) is 0 Å². The van der Waals surface area contributed by atoms with Crippen molar-refractivity contribution in [1.82, 2.24) is 5.32 Å². The molecule has 0 radical (unpaired) electrons. The van der Waals surface area contributed by atoms with Gasteiger partial charge < -0.3 is 10.1 Å². The summed E-state index contributed by atoms with van der Waals surface area (Å²) >= 11 is 0. The van der Waals surface area contributed by atoms with E-state index in [-0.39, 0.29) is 0 Å². The first-order chi connectivity index (χ1) is 5.41. The zero-order chi connectivity index (χ0) is 8.36. The van der Waals surface area contributed by atoms with Crippen molar-refractivity contribution in [3.05, 3.63) is 36.7 Å². The van der Waals surface area contributed by atoms with E-state index in [0.717, 1.165) is 6.29 Å². The van der Waals surface area contributed by atoms with Gasteiger partial charge in [0.15, 0.2) is 0 Å². The summed E-state index contributed by atoms with van der Waals surface area (Å²) in [6, 6.07) is 0. The maximum atomic E-state index is 9.17. The summed E-state index contributed by atoms with van der Waals surface area (Å²) in [6.07, 6.45) is 13.1. The number of carbonyl (C=O) groups excluding carboxylic acids is 1. The van der Waals surface area contributed by atoms with Crippen LogP contribution in [0.4, 0.5) is 0 Å². The number of carbonyl (C=O) groups is 1. The highest BCUT2D eigenvalue weighted by Crippen LogP contribution is 1.81. The van der Waals surface area contributed by atoms with Gasteiger partial charge in [0.2, 0.25) is 0 Å². The molecule has 1 heterocycles. The Morgan fingerprint density at radius 1 is 1.18 bits per heavy atom. The SMILES string of the molecule is C1=CC=CNC=C1.CCC=O. The zero-order valence-corrected chi connectivity index (χ0v) is 6.66. The van der Waals surface area contributed by atoms with Crippen molar-refractivity contribution in [2.24, 2.45) is 0 Å². The van der Waals surface area contributed by atoms with Gasteiger partial charge in [0, 0.05) is 18.8 Å². The van der Waals surface area contributed by atoms with Crippen molar-refractivity contribution >= 4 is 6.29 Å². The third kappa shape index (κ3) is 8.69. The van der Waals surface area contributed by atoms with Crippen LogP contribution < -0.4 is 5.32 Å². The number of rotatable bonds is 1. The molecule has 0 atom stereocenters. The van der Waals surface area contributed by atoms with E-state index in [9.17, 15) is 4.79 Å². The third-order valence-corrected chi connectivity index (χ3v) is 0.885. The number of nitrogens with one attached hydrogen (secondary N) is 1. The molecule has 2 nitrogen and oxygen atoms in total. The molecule has 11 heavy (non-hydrogen) atoms. The average Bonchev–Trinajstić information content (AvgIpc) is 2.35. The van der Waals surface area contributed by atoms with Gasteiger partial charge in [0.1, 0.15) is 6.29 Å². The van der Waals surface area contributed by atoms with Crippen LogP contribution in [-0.2, 0) is 4.79 Å². The Bertz CT molecular complexity index is 154. The minimum atomic E-state index is 0.639. The molecule has 1 N–H and O–H groups in total. The van der Waals surface area contributed by atoms with E-state index in [1.54, 1.807) is 0 Å². The second-order valence-electron chi connectivity index (χ2n) is 1.84. The molecule has 0 saturated carbocycles. The lowest BCUT2D eigenvalue weighted by molar-refractivity contribution is -0.107. The summed E-state index contributed by atoms with van der Waals surface area (Å²) in [5.74, 6) is 0. The first-order valence-corrected chi connectivity index (χ1v) is 3.60. The minimum Gasteiger partial charge on any atom is -0.368 e. The molecular formula is C9H13NO. The second kappa shape index (κ2) is 8.69. The normalized spacial score (nSPS) is 12.5. The van der Waals surface area contributed by atoms with Crippen LogP contribution in [0.25, 0.3) is 0 Å². The van der Waals surface area contributed by atoms with Gasteiger partial charge in [-0.15, -0.1) is 0 Å². The summed E-state index contributed by atoms with van der Waals surface area (Å²) in [6.45, 7) is 1.81. The van der Waals surface area contributed by atoms with Crippen LogP contribution in [-0.4, -0.2) is 6.29 Å². The Morgan fingerprint density at radius 2 is 1.64 bits per heavy atom. The zero-order valence-electron chi connectivity index (χ0n) is 6.66. The van der Waals surface area contributed by atoms with Crippen LogP contribution in [0.3, 0.4) is 0 Å². The van der Waals surface area contributed by atoms with E-state index >= 15 is 0 Å². The molecule has 0 aliphatic carbocycles. The first kappa shape index (κ1) is 9.69. The van der Waals surface area contributed by atoms with Crippen molar-refractivity contribution < 1.29 is 4.79 Å². The molecule has 0 spiro atoms. The fourth-order valence-corrected chi connectivity index (χ4v) is 0.406. The Balaban J connectivity index is 0.000000218. The fraction of sp³-hybridized carbons (Fsp3) is 0.222. The average molecular weight is 151 g/mol. The maximum Gasteiger partial charge on any atom is 0.119 e. The van der Waals surface area contributed by atoms with E-state index in [1.165, 1.54) is 0 Å². The van der Waals surface area contributed by atoms with Crippen LogP contribution in [0.5, 0.6) is 0 Å². The van der Waals surface area contributed by atoms with Gasteiger partial charge in [-0.2, -0.15) is 0 Å². The second-order valence-corrected chi connectivity index (χ2v) is 1.84. The van der Waals surface area contributed by atoms with Crippen LogP contribution in [0, 0.1) is 0 Å². The molecule has 0 aromatic rings. The molecule has 0 aromatic carbocycles. The molecule has 0 aromatic heterocycles. The summed E-state index contributed by atoms with van der Waals surface area (Å²) < 4.78 is 0. The highest BCUT2D eigenvalue weighted by molar-refractivity contribution is 5.48. The largest absolute Gasteiger partial charge is 0.368 e. The van der Waals surface area contributed by atoms with Gasteiger partial charge in [-0.05, 0) is 12.2 Å².